The second-order valence-electron chi connectivity index (χ2n) is 3.78. The molecule has 2 rings (SSSR count). The van der Waals surface area contributed by atoms with Gasteiger partial charge in [-0.3, -0.25) is 4.79 Å². The van der Waals surface area contributed by atoms with Gasteiger partial charge < -0.3 is 15.8 Å². The second kappa shape index (κ2) is 5.55. The van der Waals surface area contributed by atoms with Gasteiger partial charge >= 0.3 is 0 Å². The molecule has 3 N–H and O–H groups in total. The fourth-order valence-electron chi connectivity index (χ4n) is 1.45. The third-order valence-corrected chi connectivity index (χ3v) is 3.38. The van der Waals surface area contributed by atoms with E-state index < -0.39 is 0 Å². The van der Waals surface area contributed by atoms with Crippen molar-refractivity contribution in [2.45, 2.75) is 6.54 Å². The molecule has 0 bridgehead atoms. The van der Waals surface area contributed by atoms with Crippen LogP contribution in [0.3, 0.4) is 0 Å². The first-order valence-corrected chi connectivity index (χ1v) is 6.32. The highest BCUT2D eigenvalue weighted by molar-refractivity contribution is 7.12. The number of nitrogens with two attached hydrogens (primary N) is 1. The molecule has 0 fully saturated rings. The molecule has 4 nitrogen and oxygen atoms in total. The number of carbonyl (C=O) groups is 1. The zero-order valence-electron chi connectivity index (χ0n) is 9.97. The Balaban J connectivity index is 1.93. The van der Waals surface area contributed by atoms with E-state index in [0.717, 1.165) is 5.56 Å². The third-order valence-electron chi connectivity index (χ3n) is 2.47. The van der Waals surface area contributed by atoms with Crippen LogP contribution < -0.4 is 15.8 Å². The summed E-state index contributed by atoms with van der Waals surface area (Å²) in [4.78, 5) is 12.5. The summed E-state index contributed by atoms with van der Waals surface area (Å²) in [7, 11) is 1.58. The van der Waals surface area contributed by atoms with Crippen molar-refractivity contribution in [3.8, 4) is 5.75 Å². The normalized spacial score (nSPS) is 10.1. The van der Waals surface area contributed by atoms with Gasteiger partial charge in [0, 0.05) is 23.7 Å². The molecule has 1 aromatic carbocycles. The number of anilines is 1. The predicted molar refractivity (Wildman–Crippen MR) is 72.9 cm³/mol. The molecule has 18 heavy (non-hydrogen) atoms. The predicted octanol–water partition coefficient (Wildman–Crippen LogP) is 2.27. The molecule has 0 aliphatic carbocycles. The van der Waals surface area contributed by atoms with Gasteiger partial charge in [-0.2, -0.15) is 0 Å². The minimum atomic E-state index is -0.0971. The van der Waals surface area contributed by atoms with E-state index in [1.54, 1.807) is 18.6 Å². The molecule has 1 amide bonds. The van der Waals surface area contributed by atoms with Crippen molar-refractivity contribution >= 4 is 22.9 Å². The number of benzene rings is 1. The standard InChI is InChI=1S/C13H14N2O2S/c1-17-11-6-12(18-8-11)13(16)15-7-9-2-4-10(14)5-3-9/h2-6,8H,7,14H2,1H3,(H,15,16). The second-order valence-corrected chi connectivity index (χ2v) is 4.69. The monoisotopic (exact) mass is 262 g/mol. The smallest absolute Gasteiger partial charge is 0.261 e. The lowest BCUT2D eigenvalue weighted by Gasteiger charge is -2.04. The van der Waals surface area contributed by atoms with Gasteiger partial charge in [0.25, 0.3) is 5.91 Å². The summed E-state index contributed by atoms with van der Waals surface area (Å²) in [5.41, 5.74) is 7.32. The molecule has 0 spiro atoms. The molecule has 2 aromatic rings. The Kier molecular flexibility index (Phi) is 3.84. The van der Waals surface area contributed by atoms with Crippen molar-refractivity contribution in [3.05, 3.63) is 46.2 Å². The number of nitrogen functional groups attached to an aromatic ring is 1. The summed E-state index contributed by atoms with van der Waals surface area (Å²) in [5.74, 6) is 0.609. The summed E-state index contributed by atoms with van der Waals surface area (Å²) < 4.78 is 5.04. The lowest BCUT2D eigenvalue weighted by molar-refractivity contribution is 0.0955. The van der Waals surface area contributed by atoms with Crippen molar-refractivity contribution in [1.29, 1.82) is 0 Å². The maximum atomic E-state index is 11.8. The molecule has 5 heteroatoms. The van der Waals surface area contributed by atoms with Gasteiger partial charge in [0.15, 0.2) is 0 Å². The maximum Gasteiger partial charge on any atom is 0.261 e. The van der Waals surface area contributed by atoms with Crippen LogP contribution in [0.4, 0.5) is 5.69 Å². The lowest BCUT2D eigenvalue weighted by Crippen LogP contribution is -2.21. The van der Waals surface area contributed by atoms with Gasteiger partial charge in [0.2, 0.25) is 0 Å². The number of amides is 1. The van der Waals surface area contributed by atoms with Crippen LogP contribution in [0.1, 0.15) is 15.2 Å². The minimum Gasteiger partial charge on any atom is -0.496 e. The molecule has 0 atom stereocenters. The topological polar surface area (TPSA) is 64.3 Å². The number of carbonyl (C=O) groups excluding carboxylic acids is 1. The molecule has 0 aliphatic rings. The molecule has 0 saturated heterocycles. The number of methoxy groups -OCH3 is 1. The first kappa shape index (κ1) is 12.4. The third kappa shape index (κ3) is 3.01. The van der Waals surface area contributed by atoms with Gasteiger partial charge in [0.05, 0.1) is 12.0 Å². The number of rotatable bonds is 4. The van der Waals surface area contributed by atoms with Crippen LogP contribution in [0.5, 0.6) is 5.75 Å². The Bertz CT molecular complexity index is 534. The summed E-state index contributed by atoms with van der Waals surface area (Å²) in [6.45, 7) is 0.485. The van der Waals surface area contributed by atoms with Crippen molar-refractivity contribution in [3.63, 3.8) is 0 Å². The largest absolute Gasteiger partial charge is 0.496 e. The molecule has 94 valence electrons. The summed E-state index contributed by atoms with van der Waals surface area (Å²) in [5, 5.41) is 4.65. The van der Waals surface area contributed by atoms with Crippen molar-refractivity contribution in [2.24, 2.45) is 0 Å². The number of nitrogens with one attached hydrogen (secondary N) is 1. The van der Waals surface area contributed by atoms with Crippen LogP contribution in [0.15, 0.2) is 35.7 Å². The Labute approximate surface area is 109 Å². The maximum absolute atomic E-state index is 11.8. The average Bonchev–Trinajstić information content (AvgIpc) is 2.86. The summed E-state index contributed by atoms with van der Waals surface area (Å²) in [6.07, 6.45) is 0. The Morgan fingerprint density at radius 2 is 2.11 bits per heavy atom. The van der Waals surface area contributed by atoms with Crippen molar-refractivity contribution in [1.82, 2.24) is 5.32 Å². The van der Waals surface area contributed by atoms with E-state index in [4.69, 9.17) is 10.5 Å². The van der Waals surface area contributed by atoms with Crippen LogP contribution in [-0.4, -0.2) is 13.0 Å². The van der Waals surface area contributed by atoms with Crippen LogP contribution in [-0.2, 0) is 6.54 Å². The van der Waals surface area contributed by atoms with Gasteiger partial charge in [-0.25, -0.2) is 0 Å². The molecule has 0 saturated carbocycles. The van der Waals surface area contributed by atoms with Gasteiger partial charge in [-0.05, 0) is 17.7 Å². The van der Waals surface area contributed by atoms with Crippen LogP contribution in [0.25, 0.3) is 0 Å². The Hall–Kier alpha value is -2.01. The first-order chi connectivity index (χ1) is 8.69. The van der Waals surface area contributed by atoms with E-state index in [1.165, 1.54) is 11.3 Å². The zero-order valence-corrected chi connectivity index (χ0v) is 10.8. The van der Waals surface area contributed by atoms with Gasteiger partial charge in [0.1, 0.15) is 5.75 Å². The van der Waals surface area contributed by atoms with E-state index in [9.17, 15) is 4.79 Å². The minimum absolute atomic E-state index is 0.0971. The van der Waals surface area contributed by atoms with Crippen molar-refractivity contribution in [2.75, 3.05) is 12.8 Å². The van der Waals surface area contributed by atoms with E-state index >= 15 is 0 Å². The quantitative estimate of drug-likeness (QED) is 0.831. The summed E-state index contributed by atoms with van der Waals surface area (Å²) in [6, 6.07) is 9.14. The van der Waals surface area contributed by atoms with Crippen molar-refractivity contribution < 1.29 is 9.53 Å². The summed E-state index contributed by atoms with van der Waals surface area (Å²) >= 11 is 1.36. The molecule has 0 radical (unpaired) electrons. The van der Waals surface area contributed by atoms with E-state index in [2.05, 4.69) is 5.32 Å². The molecule has 0 unspecified atom stereocenters. The highest BCUT2D eigenvalue weighted by atomic mass is 32.1. The highest BCUT2D eigenvalue weighted by Crippen LogP contribution is 2.20. The molecule has 1 aromatic heterocycles. The fourth-order valence-corrected chi connectivity index (χ4v) is 2.22. The van der Waals surface area contributed by atoms with Crippen LogP contribution in [0.2, 0.25) is 0 Å². The SMILES string of the molecule is COc1csc(C(=O)NCc2ccc(N)cc2)c1. The molecule has 0 aliphatic heterocycles. The lowest BCUT2D eigenvalue weighted by atomic mass is 10.2. The van der Waals surface area contributed by atoms with Crippen LogP contribution >= 0.6 is 11.3 Å². The van der Waals surface area contributed by atoms with Gasteiger partial charge in [-0.15, -0.1) is 11.3 Å². The molecule has 1 heterocycles. The van der Waals surface area contributed by atoms with E-state index in [-0.39, 0.29) is 5.91 Å². The number of thiophene rings is 1. The molecular weight excluding hydrogens is 248 g/mol. The van der Waals surface area contributed by atoms with E-state index in [1.807, 2.05) is 24.3 Å². The Morgan fingerprint density at radius 1 is 1.39 bits per heavy atom. The number of hydrogen-bond acceptors (Lipinski definition) is 4. The first-order valence-electron chi connectivity index (χ1n) is 5.44. The average molecular weight is 262 g/mol. The van der Waals surface area contributed by atoms with Crippen LogP contribution in [0, 0.1) is 0 Å². The molecular formula is C13H14N2O2S. The number of hydrogen-bond donors (Lipinski definition) is 2. The Morgan fingerprint density at radius 3 is 2.72 bits per heavy atom. The van der Waals surface area contributed by atoms with Gasteiger partial charge in [-0.1, -0.05) is 12.1 Å². The highest BCUT2D eigenvalue weighted by Gasteiger charge is 2.08. The number of ether oxygens (including phenoxy) is 1. The van der Waals surface area contributed by atoms with E-state index in [0.29, 0.717) is 22.9 Å². The fraction of sp³-hybridized carbons (Fsp3) is 0.154. The zero-order chi connectivity index (χ0) is 13.0.